The Balaban J connectivity index is 0.00000364. The highest BCUT2D eigenvalue weighted by Gasteiger charge is 2.20. The van der Waals surface area contributed by atoms with E-state index in [1.165, 1.54) is 56.9 Å². The second-order valence-corrected chi connectivity index (χ2v) is 7.65. The number of carbonyl (C=O) groups is 1. The minimum absolute atomic E-state index is 0. The van der Waals surface area contributed by atoms with E-state index in [-0.39, 0.29) is 18.4 Å². The summed E-state index contributed by atoms with van der Waals surface area (Å²) in [5.41, 5.74) is 2.26. The van der Waals surface area contributed by atoms with Gasteiger partial charge in [0.2, 0.25) is 0 Å². The molecule has 0 saturated carbocycles. The van der Waals surface area contributed by atoms with Crippen LogP contribution in [0.3, 0.4) is 0 Å². The molecule has 0 radical (unpaired) electrons. The molecular weight excluding hydrogens is 358 g/mol. The maximum atomic E-state index is 12.3. The number of amides is 2. The van der Waals surface area contributed by atoms with Crippen molar-refractivity contribution in [2.75, 3.05) is 25.0 Å². The van der Waals surface area contributed by atoms with Gasteiger partial charge in [0.15, 0.2) is 0 Å². The monoisotopic (exact) mass is 395 g/mol. The van der Waals surface area contributed by atoms with Crippen molar-refractivity contribution in [3.8, 4) is 0 Å². The zero-order valence-corrected chi connectivity index (χ0v) is 18.0. The van der Waals surface area contributed by atoms with Crippen LogP contribution >= 0.6 is 12.4 Å². The zero-order valence-electron chi connectivity index (χ0n) is 17.1. The summed E-state index contributed by atoms with van der Waals surface area (Å²) in [6, 6.07) is 8.74. The Morgan fingerprint density at radius 3 is 2.33 bits per heavy atom. The van der Waals surface area contributed by atoms with E-state index in [9.17, 15) is 4.79 Å². The van der Waals surface area contributed by atoms with Gasteiger partial charge in [-0.05, 0) is 37.5 Å². The van der Waals surface area contributed by atoms with E-state index in [0.29, 0.717) is 6.04 Å². The molecule has 1 aromatic carbocycles. The minimum atomic E-state index is 0. The first-order chi connectivity index (χ1) is 12.7. The summed E-state index contributed by atoms with van der Waals surface area (Å²) in [5.74, 6) is 0. The zero-order chi connectivity index (χ0) is 18.6. The van der Waals surface area contributed by atoms with Crippen molar-refractivity contribution < 1.29 is 4.79 Å². The van der Waals surface area contributed by atoms with Crippen molar-refractivity contribution in [2.45, 2.75) is 77.7 Å². The Bertz CT molecular complexity index is 521. The average Bonchev–Trinajstić information content (AvgIpc) is 2.65. The highest BCUT2D eigenvalue weighted by atomic mass is 35.5. The van der Waals surface area contributed by atoms with E-state index in [2.05, 4.69) is 36.6 Å². The lowest BCUT2D eigenvalue weighted by atomic mass is 10.0. The van der Waals surface area contributed by atoms with Crippen LogP contribution in [0.2, 0.25) is 0 Å². The molecule has 1 atom stereocenters. The lowest BCUT2D eigenvalue weighted by molar-refractivity contribution is 0.192. The Morgan fingerprint density at radius 1 is 1.07 bits per heavy atom. The molecule has 2 N–H and O–H groups in total. The number of rotatable bonds is 10. The molecule has 1 heterocycles. The highest BCUT2D eigenvalue weighted by Crippen LogP contribution is 2.15. The third kappa shape index (κ3) is 9.48. The summed E-state index contributed by atoms with van der Waals surface area (Å²) in [6.45, 7) is 6.78. The third-order valence-electron chi connectivity index (χ3n) is 5.18. The summed E-state index contributed by atoms with van der Waals surface area (Å²) in [6.07, 6.45) is 12.0. The van der Waals surface area contributed by atoms with Crippen molar-refractivity contribution >= 4 is 24.1 Å². The number of halogens is 1. The minimum Gasteiger partial charge on any atom is -0.322 e. The summed E-state index contributed by atoms with van der Waals surface area (Å²) in [7, 11) is 0. The second-order valence-electron chi connectivity index (χ2n) is 7.65. The fourth-order valence-electron chi connectivity index (χ4n) is 3.54. The third-order valence-corrected chi connectivity index (χ3v) is 5.18. The highest BCUT2D eigenvalue weighted by molar-refractivity contribution is 5.89. The lowest BCUT2D eigenvalue weighted by Gasteiger charge is -2.31. The van der Waals surface area contributed by atoms with Crippen LogP contribution in [0.15, 0.2) is 24.3 Å². The van der Waals surface area contributed by atoms with E-state index in [0.717, 1.165) is 31.7 Å². The number of hydrogen-bond acceptors (Lipinski definition) is 2. The molecular formula is C22H38ClN3O. The van der Waals surface area contributed by atoms with Crippen LogP contribution in [0.25, 0.3) is 0 Å². The number of piperazine rings is 1. The Morgan fingerprint density at radius 2 is 1.70 bits per heavy atom. The fourth-order valence-corrected chi connectivity index (χ4v) is 3.54. The molecule has 1 aliphatic heterocycles. The number of aryl methyl sites for hydroxylation is 1. The normalized spacial score (nSPS) is 16.7. The first-order valence-electron chi connectivity index (χ1n) is 10.6. The maximum Gasteiger partial charge on any atom is 0.321 e. The van der Waals surface area contributed by atoms with Gasteiger partial charge in [-0.15, -0.1) is 12.4 Å². The average molecular weight is 396 g/mol. The van der Waals surface area contributed by atoms with Crippen molar-refractivity contribution in [3.63, 3.8) is 0 Å². The standard InChI is InChI=1S/C22H37N3O.ClH/c1-3-4-5-6-7-8-9-10-11-20-12-14-21(15-13-20)24-22(26)25-17-16-23-19(2)18-25;/h12-15,19,23H,3-11,16-18H2,1-2H3,(H,24,26);1H/t19-;/m1./s1. The second kappa shape index (κ2) is 13.8. The fraction of sp³-hybridized carbons (Fsp3) is 0.682. The van der Waals surface area contributed by atoms with Crippen LogP contribution in [0.1, 0.15) is 70.8 Å². The molecule has 2 rings (SSSR count). The number of anilines is 1. The number of urea groups is 1. The predicted molar refractivity (Wildman–Crippen MR) is 118 cm³/mol. The summed E-state index contributed by atoms with van der Waals surface area (Å²) < 4.78 is 0. The van der Waals surface area contributed by atoms with Crippen LogP contribution in [-0.2, 0) is 6.42 Å². The lowest BCUT2D eigenvalue weighted by Crippen LogP contribution is -2.52. The molecule has 1 aromatic rings. The van der Waals surface area contributed by atoms with Gasteiger partial charge >= 0.3 is 6.03 Å². The molecule has 4 nitrogen and oxygen atoms in total. The van der Waals surface area contributed by atoms with E-state index in [1.807, 2.05) is 17.0 Å². The van der Waals surface area contributed by atoms with Gasteiger partial charge in [-0.3, -0.25) is 0 Å². The molecule has 0 unspecified atom stereocenters. The van der Waals surface area contributed by atoms with E-state index >= 15 is 0 Å². The van der Waals surface area contributed by atoms with Crippen LogP contribution in [0.4, 0.5) is 10.5 Å². The predicted octanol–water partition coefficient (Wildman–Crippen LogP) is 5.62. The Kier molecular flexibility index (Phi) is 12.2. The number of nitrogens with zero attached hydrogens (tertiary/aromatic N) is 1. The molecule has 1 fully saturated rings. The van der Waals surface area contributed by atoms with Crippen molar-refractivity contribution in [2.24, 2.45) is 0 Å². The largest absolute Gasteiger partial charge is 0.322 e. The number of hydrogen-bond donors (Lipinski definition) is 2. The Hall–Kier alpha value is -1.26. The molecule has 1 saturated heterocycles. The van der Waals surface area contributed by atoms with Gasteiger partial charge in [-0.1, -0.05) is 64.0 Å². The summed E-state index contributed by atoms with van der Waals surface area (Å²) in [4.78, 5) is 14.2. The molecule has 27 heavy (non-hydrogen) atoms. The van der Waals surface area contributed by atoms with Gasteiger partial charge in [0.1, 0.15) is 0 Å². The summed E-state index contributed by atoms with van der Waals surface area (Å²) in [5, 5.41) is 6.38. The topological polar surface area (TPSA) is 44.4 Å². The van der Waals surface area contributed by atoms with E-state index in [4.69, 9.17) is 0 Å². The summed E-state index contributed by atoms with van der Waals surface area (Å²) >= 11 is 0. The molecule has 1 aliphatic rings. The molecule has 2 amide bonds. The maximum absolute atomic E-state index is 12.3. The van der Waals surface area contributed by atoms with Crippen LogP contribution in [-0.4, -0.2) is 36.6 Å². The van der Waals surface area contributed by atoms with Crippen molar-refractivity contribution in [1.82, 2.24) is 10.2 Å². The quantitative estimate of drug-likeness (QED) is 0.505. The Labute approximate surface area is 171 Å². The van der Waals surface area contributed by atoms with Gasteiger partial charge in [0.05, 0.1) is 0 Å². The number of benzene rings is 1. The van der Waals surface area contributed by atoms with Crippen molar-refractivity contribution in [1.29, 1.82) is 0 Å². The molecule has 0 aliphatic carbocycles. The number of carbonyl (C=O) groups excluding carboxylic acids is 1. The van der Waals surface area contributed by atoms with Gasteiger partial charge < -0.3 is 15.5 Å². The first-order valence-corrected chi connectivity index (χ1v) is 10.6. The molecule has 154 valence electrons. The van der Waals surface area contributed by atoms with Crippen LogP contribution in [0.5, 0.6) is 0 Å². The van der Waals surface area contributed by atoms with Gasteiger partial charge in [0, 0.05) is 31.4 Å². The molecule has 5 heteroatoms. The molecule has 0 bridgehead atoms. The van der Waals surface area contributed by atoms with Crippen molar-refractivity contribution in [3.05, 3.63) is 29.8 Å². The molecule has 0 aromatic heterocycles. The first kappa shape index (κ1) is 23.8. The van der Waals surface area contributed by atoms with Gasteiger partial charge in [-0.2, -0.15) is 0 Å². The van der Waals surface area contributed by atoms with Gasteiger partial charge in [0.25, 0.3) is 0 Å². The van der Waals surface area contributed by atoms with Gasteiger partial charge in [-0.25, -0.2) is 4.79 Å². The SMILES string of the molecule is CCCCCCCCCCc1ccc(NC(=O)N2CCN[C@H](C)C2)cc1.Cl. The van der Waals surface area contributed by atoms with Crippen LogP contribution in [0, 0.1) is 0 Å². The van der Waals surface area contributed by atoms with E-state index < -0.39 is 0 Å². The molecule has 0 spiro atoms. The van der Waals surface area contributed by atoms with Crippen LogP contribution < -0.4 is 10.6 Å². The smallest absolute Gasteiger partial charge is 0.321 e. The number of unbranched alkanes of at least 4 members (excludes halogenated alkanes) is 7. The van der Waals surface area contributed by atoms with E-state index in [1.54, 1.807) is 0 Å². The number of nitrogens with one attached hydrogen (secondary N) is 2.